The SMILES string of the molecule is OCc1ccc(SCCc2cccs2)cc1. The molecule has 0 unspecified atom stereocenters. The molecule has 0 fully saturated rings. The summed E-state index contributed by atoms with van der Waals surface area (Å²) in [6.07, 6.45) is 1.13. The summed E-state index contributed by atoms with van der Waals surface area (Å²) < 4.78 is 0. The van der Waals surface area contributed by atoms with E-state index in [1.165, 1.54) is 9.77 Å². The average Bonchev–Trinajstić information content (AvgIpc) is 2.83. The van der Waals surface area contributed by atoms with Crippen molar-refractivity contribution in [1.29, 1.82) is 0 Å². The zero-order chi connectivity index (χ0) is 11.2. The van der Waals surface area contributed by atoms with Crippen molar-refractivity contribution in [3.05, 3.63) is 52.2 Å². The van der Waals surface area contributed by atoms with E-state index in [9.17, 15) is 0 Å². The van der Waals surface area contributed by atoms with Crippen LogP contribution in [0, 0.1) is 0 Å². The van der Waals surface area contributed by atoms with E-state index in [1.54, 1.807) is 0 Å². The second kappa shape index (κ2) is 6.09. The molecule has 0 aliphatic rings. The third-order valence-electron chi connectivity index (χ3n) is 2.30. The molecule has 0 saturated carbocycles. The van der Waals surface area contributed by atoms with Crippen molar-refractivity contribution >= 4 is 23.1 Å². The van der Waals surface area contributed by atoms with E-state index >= 15 is 0 Å². The molecule has 84 valence electrons. The Labute approximate surface area is 104 Å². The second-order valence-corrected chi connectivity index (χ2v) is 5.68. The van der Waals surface area contributed by atoms with Crippen molar-refractivity contribution in [2.75, 3.05) is 5.75 Å². The lowest BCUT2D eigenvalue weighted by Crippen LogP contribution is -1.85. The third kappa shape index (κ3) is 3.37. The normalized spacial score (nSPS) is 10.6. The standard InChI is InChI=1S/C13H14OS2/c14-10-11-3-5-13(6-4-11)16-9-7-12-2-1-8-15-12/h1-6,8,14H,7,9-10H2. The van der Waals surface area contributed by atoms with E-state index in [-0.39, 0.29) is 6.61 Å². The Hall–Kier alpha value is -0.770. The summed E-state index contributed by atoms with van der Waals surface area (Å²) in [5, 5.41) is 11.0. The van der Waals surface area contributed by atoms with Crippen LogP contribution in [0.5, 0.6) is 0 Å². The van der Waals surface area contributed by atoms with E-state index in [0.29, 0.717) is 0 Å². The lowest BCUT2D eigenvalue weighted by molar-refractivity contribution is 0.282. The fourth-order valence-corrected chi connectivity index (χ4v) is 3.14. The van der Waals surface area contributed by atoms with Crippen molar-refractivity contribution in [1.82, 2.24) is 0 Å². The summed E-state index contributed by atoms with van der Waals surface area (Å²) in [7, 11) is 0. The van der Waals surface area contributed by atoms with Gasteiger partial charge in [-0.25, -0.2) is 0 Å². The van der Waals surface area contributed by atoms with Gasteiger partial charge in [0.2, 0.25) is 0 Å². The topological polar surface area (TPSA) is 20.2 Å². The second-order valence-electron chi connectivity index (χ2n) is 3.48. The minimum absolute atomic E-state index is 0.125. The van der Waals surface area contributed by atoms with Crippen molar-refractivity contribution in [2.45, 2.75) is 17.9 Å². The summed E-state index contributed by atoms with van der Waals surface area (Å²) in [6.45, 7) is 0.125. The molecule has 1 heterocycles. The van der Waals surface area contributed by atoms with Gasteiger partial charge in [0, 0.05) is 15.5 Å². The van der Waals surface area contributed by atoms with Crippen LogP contribution in [0.1, 0.15) is 10.4 Å². The fraction of sp³-hybridized carbons (Fsp3) is 0.231. The van der Waals surface area contributed by atoms with E-state index in [4.69, 9.17) is 5.11 Å². The van der Waals surface area contributed by atoms with Crippen LogP contribution in [0.25, 0.3) is 0 Å². The molecule has 3 heteroatoms. The summed E-state index contributed by atoms with van der Waals surface area (Å²) in [5.74, 6) is 1.11. The minimum Gasteiger partial charge on any atom is -0.392 e. The van der Waals surface area contributed by atoms with E-state index < -0.39 is 0 Å². The van der Waals surface area contributed by atoms with Gasteiger partial charge in [-0.2, -0.15) is 0 Å². The van der Waals surface area contributed by atoms with Crippen molar-refractivity contribution in [3.8, 4) is 0 Å². The largest absolute Gasteiger partial charge is 0.392 e. The van der Waals surface area contributed by atoms with Crippen LogP contribution in [-0.4, -0.2) is 10.9 Å². The summed E-state index contributed by atoms with van der Waals surface area (Å²) in [4.78, 5) is 2.72. The molecule has 0 spiro atoms. The number of rotatable bonds is 5. The molecule has 1 aromatic heterocycles. The molecular formula is C13H14OS2. The van der Waals surface area contributed by atoms with Crippen LogP contribution in [0.4, 0.5) is 0 Å². The molecule has 1 nitrogen and oxygen atoms in total. The monoisotopic (exact) mass is 250 g/mol. The van der Waals surface area contributed by atoms with Crippen molar-refractivity contribution in [3.63, 3.8) is 0 Å². The maximum atomic E-state index is 8.92. The zero-order valence-electron chi connectivity index (χ0n) is 8.93. The van der Waals surface area contributed by atoms with Gasteiger partial charge in [-0.3, -0.25) is 0 Å². The quantitative estimate of drug-likeness (QED) is 0.819. The van der Waals surface area contributed by atoms with Crippen LogP contribution in [0.3, 0.4) is 0 Å². The van der Waals surface area contributed by atoms with E-state index in [2.05, 4.69) is 29.6 Å². The Morgan fingerprint density at radius 3 is 2.56 bits per heavy atom. The number of hydrogen-bond acceptors (Lipinski definition) is 3. The Morgan fingerprint density at radius 2 is 1.94 bits per heavy atom. The highest BCUT2D eigenvalue weighted by atomic mass is 32.2. The average molecular weight is 250 g/mol. The number of benzene rings is 1. The van der Waals surface area contributed by atoms with Gasteiger partial charge >= 0.3 is 0 Å². The molecule has 0 bridgehead atoms. The Morgan fingerprint density at radius 1 is 1.12 bits per heavy atom. The van der Waals surface area contributed by atoms with Gasteiger partial charge in [-0.05, 0) is 35.6 Å². The van der Waals surface area contributed by atoms with E-state index in [1.807, 2.05) is 35.2 Å². The molecule has 0 atom stereocenters. The molecule has 0 aliphatic carbocycles. The smallest absolute Gasteiger partial charge is 0.0681 e. The number of hydrogen-bond donors (Lipinski definition) is 1. The molecule has 2 rings (SSSR count). The highest BCUT2D eigenvalue weighted by Gasteiger charge is 1.97. The predicted octanol–water partition coefficient (Wildman–Crippen LogP) is 3.58. The van der Waals surface area contributed by atoms with Crippen molar-refractivity contribution in [2.24, 2.45) is 0 Å². The molecule has 16 heavy (non-hydrogen) atoms. The summed E-state index contributed by atoms with van der Waals surface area (Å²) in [6, 6.07) is 12.4. The third-order valence-corrected chi connectivity index (χ3v) is 4.25. The van der Waals surface area contributed by atoms with E-state index in [0.717, 1.165) is 17.7 Å². The van der Waals surface area contributed by atoms with Crippen LogP contribution in [-0.2, 0) is 13.0 Å². The van der Waals surface area contributed by atoms with Gasteiger partial charge in [0.15, 0.2) is 0 Å². The molecule has 0 saturated heterocycles. The fourth-order valence-electron chi connectivity index (χ4n) is 1.42. The zero-order valence-corrected chi connectivity index (χ0v) is 10.6. The summed E-state index contributed by atoms with van der Waals surface area (Å²) in [5.41, 5.74) is 0.975. The van der Waals surface area contributed by atoms with Crippen molar-refractivity contribution < 1.29 is 5.11 Å². The number of thioether (sulfide) groups is 1. The molecule has 0 aliphatic heterocycles. The molecule has 1 aromatic carbocycles. The lowest BCUT2D eigenvalue weighted by atomic mass is 10.2. The Bertz CT molecular complexity index is 406. The summed E-state index contributed by atoms with van der Waals surface area (Å²) >= 11 is 3.68. The van der Waals surface area contributed by atoms with Gasteiger partial charge < -0.3 is 5.11 Å². The van der Waals surface area contributed by atoms with Gasteiger partial charge in [-0.15, -0.1) is 23.1 Å². The first-order valence-electron chi connectivity index (χ1n) is 5.23. The first-order valence-corrected chi connectivity index (χ1v) is 7.10. The molecular weight excluding hydrogens is 236 g/mol. The van der Waals surface area contributed by atoms with Gasteiger partial charge in [-0.1, -0.05) is 18.2 Å². The number of thiophene rings is 1. The molecule has 2 aromatic rings. The predicted molar refractivity (Wildman–Crippen MR) is 71.1 cm³/mol. The molecule has 0 amide bonds. The number of aliphatic hydroxyl groups is 1. The lowest BCUT2D eigenvalue weighted by Gasteiger charge is -2.01. The van der Waals surface area contributed by atoms with Crippen LogP contribution in [0.2, 0.25) is 0 Å². The highest BCUT2D eigenvalue weighted by molar-refractivity contribution is 7.99. The first-order chi connectivity index (χ1) is 7.88. The van der Waals surface area contributed by atoms with Gasteiger partial charge in [0.05, 0.1) is 6.61 Å². The maximum Gasteiger partial charge on any atom is 0.0681 e. The molecule has 1 N–H and O–H groups in total. The highest BCUT2D eigenvalue weighted by Crippen LogP contribution is 2.21. The van der Waals surface area contributed by atoms with Crippen LogP contribution in [0.15, 0.2) is 46.7 Å². The van der Waals surface area contributed by atoms with Crippen LogP contribution >= 0.6 is 23.1 Å². The number of aryl methyl sites for hydroxylation is 1. The number of aliphatic hydroxyl groups excluding tert-OH is 1. The Kier molecular flexibility index (Phi) is 4.45. The minimum atomic E-state index is 0.125. The van der Waals surface area contributed by atoms with Crippen LogP contribution < -0.4 is 0 Å². The van der Waals surface area contributed by atoms with Gasteiger partial charge in [0.25, 0.3) is 0 Å². The Balaban J connectivity index is 1.81. The first kappa shape index (κ1) is 11.7. The van der Waals surface area contributed by atoms with Gasteiger partial charge in [0.1, 0.15) is 0 Å². The maximum absolute atomic E-state index is 8.92. The molecule has 0 radical (unpaired) electrons.